The summed E-state index contributed by atoms with van der Waals surface area (Å²) in [6.07, 6.45) is 0.794. The number of rotatable bonds is 5. The third kappa shape index (κ3) is 3.45. The summed E-state index contributed by atoms with van der Waals surface area (Å²) in [6.45, 7) is 2.91. The van der Waals surface area contributed by atoms with Gasteiger partial charge in [-0.05, 0) is 25.5 Å². The Morgan fingerprint density at radius 3 is 2.76 bits per heavy atom. The molecule has 2 unspecified atom stereocenters. The molecular formula is C13H19FN2O4S. The van der Waals surface area contributed by atoms with Crippen molar-refractivity contribution in [2.45, 2.75) is 24.3 Å². The van der Waals surface area contributed by atoms with E-state index >= 15 is 0 Å². The predicted octanol–water partition coefficient (Wildman–Crippen LogP) is 1.12. The Morgan fingerprint density at radius 2 is 2.24 bits per heavy atom. The minimum absolute atomic E-state index is 0.0604. The van der Waals surface area contributed by atoms with Gasteiger partial charge in [0.25, 0.3) is 0 Å². The molecule has 0 aliphatic carbocycles. The zero-order valence-corrected chi connectivity index (χ0v) is 12.7. The van der Waals surface area contributed by atoms with Gasteiger partial charge in [-0.2, -0.15) is 0 Å². The fourth-order valence-corrected chi connectivity index (χ4v) is 3.67. The topological polar surface area (TPSA) is 90.7 Å². The zero-order chi connectivity index (χ0) is 15.6. The number of hydrogen-bond donors (Lipinski definition) is 2. The molecule has 1 fully saturated rings. The second-order valence-corrected chi connectivity index (χ2v) is 6.78. The second kappa shape index (κ2) is 6.17. The third-order valence-corrected chi connectivity index (χ3v) is 5.11. The van der Waals surface area contributed by atoms with Crippen LogP contribution >= 0.6 is 0 Å². The van der Waals surface area contributed by atoms with Crippen LogP contribution in [0.4, 0.5) is 10.1 Å². The van der Waals surface area contributed by atoms with Gasteiger partial charge >= 0.3 is 0 Å². The van der Waals surface area contributed by atoms with Gasteiger partial charge in [-0.25, -0.2) is 17.5 Å². The lowest BCUT2D eigenvalue weighted by Gasteiger charge is -2.19. The maximum Gasteiger partial charge on any atom is 0.241 e. The largest absolute Gasteiger partial charge is 0.492 e. The van der Waals surface area contributed by atoms with E-state index in [1.807, 2.05) is 0 Å². The number of benzene rings is 1. The van der Waals surface area contributed by atoms with Crippen LogP contribution in [0.2, 0.25) is 0 Å². The standard InChI is InChI=1S/C13H19FN2O4S/c1-8(9-3-4-20-7-9)16-21(17,18)10-5-11(14)13(19-2)12(15)6-10/h5-6,8-9,16H,3-4,7,15H2,1-2H3. The highest BCUT2D eigenvalue weighted by Gasteiger charge is 2.27. The van der Waals surface area contributed by atoms with Gasteiger partial charge in [0.1, 0.15) is 0 Å². The van der Waals surface area contributed by atoms with Crippen LogP contribution in [0.3, 0.4) is 0 Å². The van der Waals surface area contributed by atoms with Crippen molar-refractivity contribution < 1.29 is 22.3 Å². The second-order valence-electron chi connectivity index (χ2n) is 5.06. The summed E-state index contributed by atoms with van der Waals surface area (Å²) in [5.74, 6) is -0.860. The van der Waals surface area contributed by atoms with Crippen molar-refractivity contribution in [1.29, 1.82) is 0 Å². The van der Waals surface area contributed by atoms with Gasteiger partial charge in [-0.15, -0.1) is 0 Å². The molecule has 6 nitrogen and oxygen atoms in total. The number of nitrogens with two attached hydrogens (primary N) is 1. The number of nitrogens with one attached hydrogen (secondary N) is 1. The molecule has 0 saturated carbocycles. The zero-order valence-electron chi connectivity index (χ0n) is 11.9. The Morgan fingerprint density at radius 1 is 1.52 bits per heavy atom. The monoisotopic (exact) mass is 318 g/mol. The van der Waals surface area contributed by atoms with Crippen molar-refractivity contribution in [1.82, 2.24) is 4.72 Å². The summed E-state index contributed by atoms with van der Waals surface area (Å²) < 4.78 is 50.9. The molecule has 3 N–H and O–H groups in total. The maximum atomic E-state index is 13.8. The highest BCUT2D eigenvalue weighted by Crippen LogP contribution is 2.29. The molecule has 21 heavy (non-hydrogen) atoms. The maximum absolute atomic E-state index is 13.8. The fraction of sp³-hybridized carbons (Fsp3) is 0.538. The molecule has 0 aromatic heterocycles. The molecular weight excluding hydrogens is 299 g/mol. The quantitative estimate of drug-likeness (QED) is 0.794. The predicted molar refractivity (Wildman–Crippen MR) is 76.1 cm³/mol. The van der Waals surface area contributed by atoms with Gasteiger partial charge in [-0.1, -0.05) is 0 Å². The van der Waals surface area contributed by atoms with E-state index < -0.39 is 15.8 Å². The van der Waals surface area contributed by atoms with Crippen LogP contribution in [0.25, 0.3) is 0 Å². The third-order valence-electron chi connectivity index (χ3n) is 3.57. The molecule has 1 saturated heterocycles. The van der Waals surface area contributed by atoms with E-state index in [2.05, 4.69) is 4.72 Å². The van der Waals surface area contributed by atoms with E-state index in [1.165, 1.54) is 13.2 Å². The summed E-state index contributed by atoms with van der Waals surface area (Å²) in [5.41, 5.74) is 5.54. The van der Waals surface area contributed by atoms with Gasteiger partial charge in [0, 0.05) is 18.6 Å². The van der Waals surface area contributed by atoms with Crippen LogP contribution in [-0.2, 0) is 14.8 Å². The highest BCUT2D eigenvalue weighted by molar-refractivity contribution is 7.89. The van der Waals surface area contributed by atoms with Gasteiger partial charge in [0.15, 0.2) is 11.6 Å². The SMILES string of the molecule is COc1c(N)cc(S(=O)(=O)NC(C)C2CCOC2)cc1F. The summed E-state index contributed by atoms with van der Waals surface area (Å²) in [7, 11) is -2.58. The molecule has 0 amide bonds. The van der Waals surface area contributed by atoms with Gasteiger partial charge in [-0.3, -0.25) is 0 Å². The fourth-order valence-electron chi connectivity index (χ4n) is 2.32. The molecule has 1 heterocycles. The van der Waals surface area contributed by atoms with E-state index in [0.29, 0.717) is 13.2 Å². The van der Waals surface area contributed by atoms with Crippen LogP contribution in [-0.4, -0.2) is 34.8 Å². The molecule has 0 bridgehead atoms. The van der Waals surface area contributed by atoms with Gasteiger partial charge in [0.05, 0.1) is 24.3 Å². The van der Waals surface area contributed by atoms with Gasteiger partial charge in [0.2, 0.25) is 10.0 Å². The number of hydrogen-bond acceptors (Lipinski definition) is 5. The first-order chi connectivity index (χ1) is 9.85. The van der Waals surface area contributed by atoms with E-state index in [4.69, 9.17) is 15.2 Å². The van der Waals surface area contributed by atoms with E-state index in [9.17, 15) is 12.8 Å². The number of ether oxygens (including phenoxy) is 2. The molecule has 8 heteroatoms. The van der Waals surface area contributed by atoms with Crippen LogP contribution in [0.1, 0.15) is 13.3 Å². The molecule has 1 aliphatic rings. The van der Waals surface area contributed by atoms with Crippen molar-refractivity contribution in [2.24, 2.45) is 5.92 Å². The van der Waals surface area contributed by atoms with Crippen molar-refractivity contribution in [3.8, 4) is 5.75 Å². The van der Waals surface area contributed by atoms with Crippen LogP contribution in [0.15, 0.2) is 17.0 Å². The highest BCUT2D eigenvalue weighted by atomic mass is 32.2. The Labute approximate surface area is 123 Å². The number of sulfonamides is 1. The van der Waals surface area contributed by atoms with Gasteiger partial charge < -0.3 is 15.2 Å². The summed E-state index contributed by atoms with van der Waals surface area (Å²) in [4.78, 5) is -0.218. The van der Waals surface area contributed by atoms with E-state index in [-0.39, 0.29) is 28.3 Å². The smallest absolute Gasteiger partial charge is 0.241 e. The first-order valence-corrected chi connectivity index (χ1v) is 8.06. The Balaban J connectivity index is 2.23. The average molecular weight is 318 g/mol. The first-order valence-electron chi connectivity index (χ1n) is 6.58. The normalized spacial score (nSPS) is 20.4. The molecule has 0 radical (unpaired) electrons. The lowest BCUT2D eigenvalue weighted by atomic mass is 10.0. The molecule has 1 aliphatic heterocycles. The van der Waals surface area contributed by atoms with E-state index in [0.717, 1.165) is 12.5 Å². The van der Waals surface area contributed by atoms with E-state index in [1.54, 1.807) is 6.92 Å². The molecule has 2 atom stereocenters. The van der Waals surface area contributed by atoms with Crippen LogP contribution in [0, 0.1) is 11.7 Å². The summed E-state index contributed by atoms with van der Waals surface area (Å²) in [6, 6.07) is 1.78. The summed E-state index contributed by atoms with van der Waals surface area (Å²) in [5, 5.41) is 0. The first kappa shape index (κ1) is 16.0. The Kier molecular flexibility index (Phi) is 4.70. The minimum atomic E-state index is -3.85. The molecule has 118 valence electrons. The Bertz CT molecular complexity index is 592. The lowest BCUT2D eigenvalue weighted by Crippen LogP contribution is -2.38. The molecule has 2 rings (SSSR count). The molecule has 0 spiro atoms. The minimum Gasteiger partial charge on any atom is -0.492 e. The van der Waals surface area contributed by atoms with Crippen molar-refractivity contribution >= 4 is 15.7 Å². The Hall–Kier alpha value is -1.38. The number of anilines is 1. The number of halogens is 1. The lowest BCUT2D eigenvalue weighted by molar-refractivity contribution is 0.180. The summed E-state index contributed by atoms with van der Waals surface area (Å²) >= 11 is 0. The van der Waals surface area contributed by atoms with Crippen molar-refractivity contribution in [3.63, 3.8) is 0 Å². The number of nitrogen functional groups attached to an aromatic ring is 1. The van der Waals surface area contributed by atoms with Crippen LogP contribution < -0.4 is 15.2 Å². The van der Waals surface area contributed by atoms with Crippen LogP contribution in [0.5, 0.6) is 5.75 Å². The molecule has 1 aromatic carbocycles. The average Bonchev–Trinajstić information content (AvgIpc) is 2.91. The number of methoxy groups -OCH3 is 1. The van der Waals surface area contributed by atoms with Crippen molar-refractivity contribution in [2.75, 3.05) is 26.1 Å². The van der Waals surface area contributed by atoms with Crippen molar-refractivity contribution in [3.05, 3.63) is 17.9 Å². The molecule has 1 aromatic rings.